The number of hydrogen-bond donors (Lipinski definition) is 0. The van der Waals surface area contributed by atoms with Gasteiger partial charge in [-0.2, -0.15) is 0 Å². The first kappa shape index (κ1) is 14.4. The number of esters is 1. The van der Waals surface area contributed by atoms with Crippen molar-refractivity contribution in [2.45, 2.75) is 31.1 Å². The molecule has 1 aromatic rings. The highest BCUT2D eigenvalue weighted by Gasteiger charge is 2.31. The molecule has 0 spiro atoms. The zero-order valence-electron chi connectivity index (χ0n) is 10.5. The third-order valence-corrected chi connectivity index (χ3v) is 4.03. The molecule has 0 unspecified atom stereocenters. The van der Waals surface area contributed by atoms with Crippen molar-refractivity contribution in [2.24, 2.45) is 0 Å². The molecule has 1 rings (SSSR count). The molecule has 0 aliphatic rings. The van der Waals surface area contributed by atoms with Crippen molar-refractivity contribution < 1.29 is 9.53 Å². The third kappa shape index (κ3) is 3.17. The summed E-state index contributed by atoms with van der Waals surface area (Å²) in [7, 11) is 1.40. The molecule has 94 valence electrons. The summed E-state index contributed by atoms with van der Waals surface area (Å²) < 4.78 is 4.80. The lowest BCUT2D eigenvalue weighted by Gasteiger charge is -2.22. The maximum atomic E-state index is 11.7. The van der Waals surface area contributed by atoms with Crippen LogP contribution in [0.1, 0.15) is 26.3 Å². The minimum absolute atomic E-state index is 0.260. The molecule has 0 aliphatic carbocycles. The Bertz CT molecular complexity index is 416. The van der Waals surface area contributed by atoms with E-state index in [2.05, 4.69) is 6.92 Å². The van der Waals surface area contributed by atoms with Crippen LogP contribution in [0, 0.1) is 0 Å². The highest BCUT2D eigenvalue weighted by atomic mass is 35.5. The molecule has 0 fully saturated rings. The average molecular weight is 273 g/mol. The fraction of sp³-hybridized carbons (Fsp3) is 0.462. The summed E-state index contributed by atoms with van der Waals surface area (Å²) in [6, 6.07) is 5.73. The lowest BCUT2D eigenvalue weighted by atomic mass is 9.85. The molecule has 0 radical (unpaired) electrons. The summed E-state index contributed by atoms with van der Waals surface area (Å²) in [5, 5.41) is 0.686. The van der Waals surface area contributed by atoms with Crippen LogP contribution in [0.4, 0.5) is 0 Å². The number of halogens is 1. The summed E-state index contributed by atoms with van der Waals surface area (Å²) in [6.45, 7) is 5.74. The van der Waals surface area contributed by atoms with Gasteiger partial charge in [0.1, 0.15) is 0 Å². The smallest absolute Gasteiger partial charge is 0.315 e. The molecule has 0 aromatic heterocycles. The van der Waals surface area contributed by atoms with Gasteiger partial charge in [0.05, 0.1) is 17.5 Å². The number of thioether (sulfide) groups is 1. The molecule has 0 amide bonds. The van der Waals surface area contributed by atoms with Gasteiger partial charge in [0.15, 0.2) is 0 Å². The van der Waals surface area contributed by atoms with Crippen LogP contribution in [0.5, 0.6) is 0 Å². The van der Waals surface area contributed by atoms with E-state index in [1.165, 1.54) is 7.11 Å². The molecular formula is C13H17ClO2S. The Labute approximate surface area is 112 Å². The quantitative estimate of drug-likeness (QED) is 0.614. The number of methoxy groups -OCH3 is 1. The second-order valence-electron chi connectivity index (χ2n) is 4.19. The predicted octanol–water partition coefficient (Wildman–Crippen LogP) is 3.90. The summed E-state index contributed by atoms with van der Waals surface area (Å²) in [5.41, 5.74) is 0.197. The normalized spacial score (nSPS) is 11.4. The van der Waals surface area contributed by atoms with Crippen LogP contribution in [-0.2, 0) is 14.9 Å². The van der Waals surface area contributed by atoms with Crippen molar-refractivity contribution in [1.82, 2.24) is 0 Å². The molecule has 2 nitrogen and oxygen atoms in total. The molecule has 4 heteroatoms. The summed E-state index contributed by atoms with van der Waals surface area (Å²) in [4.78, 5) is 12.7. The number of carbonyl (C=O) groups excluding carboxylic acids is 1. The molecule has 0 heterocycles. The third-order valence-electron chi connectivity index (χ3n) is 2.65. The number of benzene rings is 1. The van der Waals surface area contributed by atoms with Crippen LogP contribution in [0.25, 0.3) is 0 Å². The van der Waals surface area contributed by atoms with Gasteiger partial charge in [-0.3, -0.25) is 4.79 Å². The highest BCUT2D eigenvalue weighted by molar-refractivity contribution is 7.99. The van der Waals surface area contributed by atoms with Gasteiger partial charge in [0.25, 0.3) is 0 Å². The molecule has 1 aromatic carbocycles. The van der Waals surface area contributed by atoms with Gasteiger partial charge in [-0.1, -0.05) is 24.6 Å². The molecule has 0 N–H and O–H groups in total. The Balaban J connectivity index is 3.08. The van der Waals surface area contributed by atoms with Crippen molar-refractivity contribution >= 4 is 29.3 Å². The van der Waals surface area contributed by atoms with E-state index in [4.69, 9.17) is 16.3 Å². The lowest BCUT2D eigenvalue weighted by molar-refractivity contribution is -0.146. The van der Waals surface area contributed by atoms with E-state index in [-0.39, 0.29) is 5.97 Å². The number of ether oxygens (including phenoxy) is 1. The molecule has 0 saturated heterocycles. The van der Waals surface area contributed by atoms with Crippen LogP contribution in [0.3, 0.4) is 0 Å². The fourth-order valence-electron chi connectivity index (χ4n) is 1.54. The number of rotatable bonds is 4. The molecule has 0 saturated carbocycles. The van der Waals surface area contributed by atoms with Crippen molar-refractivity contribution in [3.8, 4) is 0 Å². The van der Waals surface area contributed by atoms with Crippen molar-refractivity contribution in [2.75, 3.05) is 12.9 Å². The monoisotopic (exact) mass is 272 g/mol. The summed E-state index contributed by atoms with van der Waals surface area (Å²) in [6.07, 6.45) is 0. The zero-order valence-corrected chi connectivity index (χ0v) is 12.1. The van der Waals surface area contributed by atoms with E-state index in [1.807, 2.05) is 32.0 Å². The lowest BCUT2D eigenvalue weighted by Crippen LogP contribution is -2.30. The van der Waals surface area contributed by atoms with Crippen LogP contribution in [-0.4, -0.2) is 18.8 Å². The second-order valence-corrected chi connectivity index (χ2v) is 5.91. The van der Waals surface area contributed by atoms with E-state index in [0.29, 0.717) is 5.02 Å². The maximum Gasteiger partial charge on any atom is 0.315 e. The Morgan fingerprint density at radius 1 is 1.47 bits per heavy atom. The van der Waals surface area contributed by atoms with Crippen molar-refractivity contribution in [3.63, 3.8) is 0 Å². The Hall–Kier alpha value is -0.670. The van der Waals surface area contributed by atoms with E-state index in [9.17, 15) is 4.79 Å². The van der Waals surface area contributed by atoms with Crippen molar-refractivity contribution in [1.29, 1.82) is 0 Å². The topological polar surface area (TPSA) is 26.3 Å². The summed E-state index contributed by atoms with van der Waals surface area (Å²) in [5.74, 6) is 0.712. The largest absolute Gasteiger partial charge is 0.468 e. The first-order valence-electron chi connectivity index (χ1n) is 5.44. The Kier molecular flexibility index (Phi) is 4.90. The number of hydrogen-bond acceptors (Lipinski definition) is 3. The standard InChI is InChI=1S/C13H17ClO2S/c1-5-17-11-7-6-9(8-10(11)14)13(2,3)12(15)16-4/h6-8H,5H2,1-4H3. The van der Waals surface area contributed by atoms with Gasteiger partial charge in [-0.25, -0.2) is 0 Å². The van der Waals surface area contributed by atoms with Gasteiger partial charge >= 0.3 is 5.97 Å². The second kappa shape index (κ2) is 5.78. The zero-order chi connectivity index (χ0) is 13.1. The van der Waals surface area contributed by atoms with Crippen molar-refractivity contribution in [3.05, 3.63) is 28.8 Å². The summed E-state index contributed by atoms with van der Waals surface area (Å²) >= 11 is 7.88. The SMILES string of the molecule is CCSc1ccc(C(C)(C)C(=O)OC)cc1Cl. The van der Waals surface area contributed by atoms with Gasteiger partial charge in [-0.05, 0) is 37.3 Å². The van der Waals surface area contributed by atoms with Crippen LogP contribution >= 0.6 is 23.4 Å². The highest BCUT2D eigenvalue weighted by Crippen LogP contribution is 2.32. The number of carbonyl (C=O) groups is 1. The van der Waals surface area contributed by atoms with Crippen LogP contribution < -0.4 is 0 Å². The first-order valence-corrected chi connectivity index (χ1v) is 6.81. The molecule has 0 bridgehead atoms. The van der Waals surface area contributed by atoms with Gasteiger partial charge < -0.3 is 4.74 Å². The van der Waals surface area contributed by atoms with Gasteiger partial charge in [-0.15, -0.1) is 11.8 Å². The van der Waals surface area contributed by atoms with Gasteiger partial charge in [0.2, 0.25) is 0 Å². The van der Waals surface area contributed by atoms with E-state index in [1.54, 1.807) is 11.8 Å². The molecule has 17 heavy (non-hydrogen) atoms. The average Bonchev–Trinajstić information content (AvgIpc) is 2.30. The van der Waals surface area contributed by atoms with E-state index < -0.39 is 5.41 Å². The van der Waals surface area contributed by atoms with E-state index >= 15 is 0 Å². The van der Waals surface area contributed by atoms with Crippen LogP contribution in [0.15, 0.2) is 23.1 Å². The van der Waals surface area contributed by atoms with Gasteiger partial charge in [0, 0.05) is 4.90 Å². The Morgan fingerprint density at radius 2 is 2.12 bits per heavy atom. The predicted molar refractivity (Wildman–Crippen MR) is 72.9 cm³/mol. The fourth-order valence-corrected chi connectivity index (χ4v) is 2.55. The molecule has 0 aliphatic heterocycles. The molecular weight excluding hydrogens is 256 g/mol. The first-order chi connectivity index (χ1) is 7.93. The van der Waals surface area contributed by atoms with E-state index in [0.717, 1.165) is 16.2 Å². The van der Waals surface area contributed by atoms with Crippen LogP contribution in [0.2, 0.25) is 5.02 Å². The maximum absolute atomic E-state index is 11.7. The Morgan fingerprint density at radius 3 is 2.59 bits per heavy atom. The molecule has 0 atom stereocenters. The minimum atomic E-state index is -0.673. The minimum Gasteiger partial charge on any atom is -0.468 e.